The van der Waals surface area contributed by atoms with E-state index >= 15 is 0 Å². The van der Waals surface area contributed by atoms with Crippen molar-refractivity contribution in [2.45, 2.75) is 64.0 Å². The molecule has 0 radical (unpaired) electrons. The van der Waals surface area contributed by atoms with Crippen LogP contribution in [0.15, 0.2) is 70.7 Å². The molecule has 2 aromatic carbocycles. The second-order valence-electron chi connectivity index (χ2n) is 10.6. The van der Waals surface area contributed by atoms with Gasteiger partial charge in [-0.05, 0) is 43.9 Å². The van der Waals surface area contributed by atoms with Crippen molar-refractivity contribution in [2.75, 3.05) is 18.1 Å². The van der Waals surface area contributed by atoms with Crippen LogP contribution < -0.4 is 4.90 Å². The fraction of sp³-hybridized carbons (Fsp3) is 0.394. The molecule has 1 aliphatic heterocycles. The second kappa shape index (κ2) is 11.6. The number of esters is 2. The van der Waals surface area contributed by atoms with Crippen LogP contribution in [0.4, 0.5) is 5.69 Å². The first-order valence-electron chi connectivity index (χ1n) is 14.4. The Hall–Kier alpha value is -4.76. The maximum Gasteiger partial charge on any atom is 0.340 e. The highest BCUT2D eigenvalue weighted by molar-refractivity contribution is 6.36. The summed E-state index contributed by atoms with van der Waals surface area (Å²) in [6, 6.07) is 20.0. The minimum Gasteiger partial charge on any atom is -0.463 e. The van der Waals surface area contributed by atoms with Gasteiger partial charge in [0, 0.05) is 5.69 Å². The van der Waals surface area contributed by atoms with E-state index in [4.69, 9.17) is 14.5 Å². The van der Waals surface area contributed by atoms with Gasteiger partial charge < -0.3 is 14.4 Å². The van der Waals surface area contributed by atoms with Crippen LogP contribution >= 0.6 is 0 Å². The van der Waals surface area contributed by atoms with E-state index in [2.05, 4.69) is 12.1 Å². The van der Waals surface area contributed by atoms with E-state index in [9.17, 15) is 24.9 Å². The standard InChI is InChI=1S/C33H32N4O5/c1-3-41-29(38)26-27(30(39)42-4-2)33(32(20-34,21-35)28(26)36-23-15-9-6-10-16-23)24-17-11-12-18-25(24)37(31(33)40)19-22-13-7-5-8-14-22/h5,7-8,11-14,17-18,23H,3-4,6,9-10,15-16,19H2,1-2H3. The lowest BCUT2D eigenvalue weighted by atomic mass is 9.60. The van der Waals surface area contributed by atoms with Crippen molar-refractivity contribution in [3.63, 3.8) is 0 Å². The predicted molar refractivity (Wildman–Crippen MR) is 154 cm³/mol. The molecule has 42 heavy (non-hydrogen) atoms. The van der Waals surface area contributed by atoms with Gasteiger partial charge in [0.05, 0.1) is 54.8 Å². The molecular weight excluding hydrogens is 532 g/mol. The topological polar surface area (TPSA) is 133 Å². The minimum absolute atomic E-state index is 0.0288. The third-order valence-electron chi connectivity index (χ3n) is 8.31. The summed E-state index contributed by atoms with van der Waals surface area (Å²) in [6.45, 7) is 3.25. The van der Waals surface area contributed by atoms with Gasteiger partial charge in [0.25, 0.3) is 0 Å². The molecule has 0 aromatic heterocycles. The zero-order chi connectivity index (χ0) is 29.9. The summed E-state index contributed by atoms with van der Waals surface area (Å²) >= 11 is 0. The van der Waals surface area contributed by atoms with Crippen LogP contribution in [0.5, 0.6) is 0 Å². The van der Waals surface area contributed by atoms with Gasteiger partial charge in [-0.25, -0.2) is 9.59 Å². The molecule has 5 rings (SSSR count). The lowest BCUT2D eigenvalue weighted by Crippen LogP contribution is -2.54. The Bertz CT molecular complexity index is 1540. The number of carbonyl (C=O) groups excluding carboxylic acids is 3. The summed E-state index contributed by atoms with van der Waals surface area (Å²) in [5.41, 5.74) is -3.92. The second-order valence-corrected chi connectivity index (χ2v) is 10.6. The Morgan fingerprint density at radius 1 is 0.929 bits per heavy atom. The molecule has 214 valence electrons. The van der Waals surface area contributed by atoms with Gasteiger partial charge in [-0.2, -0.15) is 10.5 Å². The fourth-order valence-electron chi connectivity index (χ4n) is 6.55. The summed E-state index contributed by atoms with van der Waals surface area (Å²) < 4.78 is 10.9. The van der Waals surface area contributed by atoms with Gasteiger partial charge in [-0.1, -0.05) is 67.8 Å². The van der Waals surface area contributed by atoms with Gasteiger partial charge in [0.1, 0.15) is 5.41 Å². The summed E-state index contributed by atoms with van der Waals surface area (Å²) in [4.78, 5) is 49.1. The molecule has 9 nitrogen and oxygen atoms in total. The smallest absolute Gasteiger partial charge is 0.340 e. The van der Waals surface area contributed by atoms with E-state index in [1.54, 1.807) is 38.1 Å². The predicted octanol–water partition coefficient (Wildman–Crippen LogP) is 4.71. The summed E-state index contributed by atoms with van der Waals surface area (Å²) in [5, 5.41) is 21.9. The first-order valence-corrected chi connectivity index (χ1v) is 14.4. The zero-order valence-corrected chi connectivity index (χ0v) is 23.8. The summed E-state index contributed by atoms with van der Waals surface area (Å²) in [5.74, 6) is -2.56. The molecule has 1 fully saturated rings. The van der Waals surface area contributed by atoms with E-state index in [0.717, 1.165) is 24.8 Å². The quantitative estimate of drug-likeness (QED) is 0.445. The Morgan fingerprint density at radius 2 is 1.55 bits per heavy atom. The number of para-hydroxylation sites is 1. The minimum atomic E-state index is -2.34. The molecule has 1 amide bonds. The average molecular weight is 565 g/mol. The number of carbonyl (C=O) groups is 3. The van der Waals surface area contributed by atoms with Crippen molar-refractivity contribution < 1.29 is 23.9 Å². The molecule has 0 N–H and O–H groups in total. The lowest BCUT2D eigenvalue weighted by molar-refractivity contribution is -0.142. The number of benzene rings is 2. The fourth-order valence-corrected chi connectivity index (χ4v) is 6.55. The van der Waals surface area contributed by atoms with Crippen LogP contribution in [0, 0.1) is 28.1 Å². The monoisotopic (exact) mass is 564 g/mol. The van der Waals surface area contributed by atoms with E-state index < -0.39 is 28.7 Å². The molecule has 2 aromatic rings. The Morgan fingerprint density at radius 3 is 2.19 bits per heavy atom. The van der Waals surface area contributed by atoms with Crippen molar-refractivity contribution in [3.8, 4) is 12.1 Å². The highest BCUT2D eigenvalue weighted by atomic mass is 16.5. The van der Waals surface area contributed by atoms with Crippen molar-refractivity contribution in [1.82, 2.24) is 0 Å². The highest BCUT2D eigenvalue weighted by Gasteiger charge is 2.76. The number of hydrogen-bond donors (Lipinski definition) is 0. The Kier molecular flexibility index (Phi) is 7.95. The first-order chi connectivity index (χ1) is 20.4. The van der Waals surface area contributed by atoms with Gasteiger partial charge in [-0.15, -0.1) is 0 Å². The van der Waals surface area contributed by atoms with Crippen LogP contribution in [0.3, 0.4) is 0 Å². The number of amides is 1. The van der Waals surface area contributed by atoms with Crippen molar-refractivity contribution in [1.29, 1.82) is 10.5 Å². The number of hydrogen-bond acceptors (Lipinski definition) is 8. The normalized spacial score (nSPS) is 22.1. The lowest BCUT2D eigenvalue weighted by Gasteiger charge is -2.34. The molecule has 0 saturated heterocycles. The molecule has 9 heteroatoms. The maximum absolute atomic E-state index is 15.0. The molecule has 3 aliphatic rings. The van der Waals surface area contributed by atoms with Crippen LogP contribution in [-0.2, 0) is 35.8 Å². The number of nitrogens with zero attached hydrogens (tertiary/aromatic N) is 4. The van der Waals surface area contributed by atoms with Gasteiger partial charge in [0.2, 0.25) is 11.3 Å². The summed E-state index contributed by atoms with van der Waals surface area (Å²) in [7, 11) is 0. The van der Waals surface area contributed by atoms with Crippen LogP contribution in [0.2, 0.25) is 0 Å². The molecule has 1 spiro atoms. The molecular formula is C33H32N4O5. The largest absolute Gasteiger partial charge is 0.463 e. The van der Waals surface area contributed by atoms with Gasteiger partial charge >= 0.3 is 11.9 Å². The van der Waals surface area contributed by atoms with Crippen molar-refractivity contribution in [2.24, 2.45) is 10.4 Å². The average Bonchev–Trinajstić information content (AvgIpc) is 3.41. The number of fused-ring (bicyclic) bond motifs is 2. The van der Waals surface area contributed by atoms with Crippen LogP contribution in [-0.4, -0.2) is 42.8 Å². The third kappa shape index (κ3) is 4.19. The number of aliphatic imine (C=N–C) groups is 1. The Labute approximate surface area is 245 Å². The molecule has 1 unspecified atom stereocenters. The number of anilines is 1. The van der Waals surface area contributed by atoms with E-state index in [1.807, 2.05) is 30.3 Å². The summed E-state index contributed by atoms with van der Waals surface area (Å²) in [6.07, 6.45) is 4.21. The third-order valence-corrected chi connectivity index (χ3v) is 8.31. The molecule has 2 aliphatic carbocycles. The van der Waals surface area contributed by atoms with Crippen molar-refractivity contribution >= 4 is 29.2 Å². The number of ether oxygens (including phenoxy) is 2. The highest BCUT2D eigenvalue weighted by Crippen LogP contribution is 2.62. The molecule has 1 saturated carbocycles. The number of nitriles is 2. The zero-order valence-electron chi connectivity index (χ0n) is 23.8. The van der Waals surface area contributed by atoms with Gasteiger partial charge in [-0.3, -0.25) is 9.79 Å². The molecule has 1 atom stereocenters. The van der Waals surface area contributed by atoms with E-state index in [-0.39, 0.29) is 48.2 Å². The molecule has 0 bridgehead atoms. The number of rotatable bonds is 7. The van der Waals surface area contributed by atoms with Crippen molar-refractivity contribution in [3.05, 3.63) is 76.9 Å². The van der Waals surface area contributed by atoms with Crippen LogP contribution in [0.25, 0.3) is 0 Å². The first kappa shape index (κ1) is 28.8. The van der Waals surface area contributed by atoms with Gasteiger partial charge in [0.15, 0.2) is 0 Å². The maximum atomic E-state index is 15.0. The van der Waals surface area contributed by atoms with E-state index in [0.29, 0.717) is 18.5 Å². The molecule has 1 heterocycles. The Balaban J connectivity index is 1.88. The van der Waals surface area contributed by atoms with E-state index in [1.165, 1.54) is 4.90 Å². The van der Waals surface area contributed by atoms with Crippen LogP contribution in [0.1, 0.15) is 57.1 Å². The SMILES string of the molecule is CCOC(=O)C1=C(C(=O)OCC)C2(C(=O)N(Cc3ccccc3)c3ccccc32)C(C#N)(C#N)C1=NC1CCCCC1.